The van der Waals surface area contributed by atoms with Gasteiger partial charge in [-0.05, 0) is 0 Å². The second kappa shape index (κ2) is 12.8. The van der Waals surface area contributed by atoms with E-state index < -0.39 is 43.4 Å². The van der Waals surface area contributed by atoms with E-state index in [-0.39, 0.29) is 43.4 Å². The van der Waals surface area contributed by atoms with Gasteiger partial charge in [-0.3, -0.25) is 29.0 Å². The molecule has 6 N–H and O–H groups in total. The predicted octanol–water partition coefficient (Wildman–Crippen LogP) is -3.13. The molecule has 0 aromatic rings. The molecule has 0 aliphatic rings. The Labute approximate surface area is 142 Å². The number of carboxylic acid groups (broad SMARTS) is 3. The van der Waals surface area contributed by atoms with Crippen LogP contribution in [0, 0.1) is 0 Å². The SMILES string of the molecule is NCNC(=O)CN(CCN(CC(=O)O)CC(=O)O)CC(=O)O.[Fe+2]. The van der Waals surface area contributed by atoms with E-state index in [0.29, 0.717) is 0 Å². The third-order valence-corrected chi connectivity index (χ3v) is 2.48. The number of nitrogens with two attached hydrogens (primary N) is 1. The van der Waals surface area contributed by atoms with Gasteiger partial charge >= 0.3 is 35.0 Å². The summed E-state index contributed by atoms with van der Waals surface area (Å²) in [6, 6.07) is 0. The molecule has 0 saturated carbocycles. The Morgan fingerprint density at radius 1 is 0.783 bits per heavy atom. The molecule has 0 bridgehead atoms. The summed E-state index contributed by atoms with van der Waals surface area (Å²) in [7, 11) is 0. The van der Waals surface area contributed by atoms with Crippen molar-refractivity contribution in [2.75, 3.05) is 45.9 Å². The van der Waals surface area contributed by atoms with E-state index in [1.807, 2.05) is 0 Å². The molecule has 0 saturated heterocycles. The van der Waals surface area contributed by atoms with E-state index in [2.05, 4.69) is 5.32 Å². The molecule has 0 rings (SSSR count). The first-order chi connectivity index (χ1) is 10.2. The van der Waals surface area contributed by atoms with E-state index >= 15 is 0 Å². The molecular formula is C11H20FeN4O7+2. The molecule has 0 radical (unpaired) electrons. The summed E-state index contributed by atoms with van der Waals surface area (Å²) in [5.41, 5.74) is 5.13. The van der Waals surface area contributed by atoms with Gasteiger partial charge in [0.1, 0.15) is 0 Å². The fourth-order valence-corrected chi connectivity index (χ4v) is 1.66. The van der Waals surface area contributed by atoms with Gasteiger partial charge in [0, 0.05) is 13.1 Å². The van der Waals surface area contributed by atoms with Crippen LogP contribution in [0.2, 0.25) is 0 Å². The maximum absolute atomic E-state index is 11.4. The first-order valence-corrected chi connectivity index (χ1v) is 6.31. The number of carbonyl (C=O) groups is 4. The number of hydrogen-bond donors (Lipinski definition) is 5. The number of amides is 1. The van der Waals surface area contributed by atoms with Gasteiger partial charge in [-0.2, -0.15) is 0 Å². The van der Waals surface area contributed by atoms with Gasteiger partial charge in [0.25, 0.3) is 0 Å². The summed E-state index contributed by atoms with van der Waals surface area (Å²) in [5.74, 6) is -4.05. The van der Waals surface area contributed by atoms with Gasteiger partial charge < -0.3 is 26.4 Å². The van der Waals surface area contributed by atoms with Crippen molar-refractivity contribution >= 4 is 23.8 Å². The molecule has 0 unspecified atom stereocenters. The largest absolute Gasteiger partial charge is 2.00 e. The van der Waals surface area contributed by atoms with Crippen molar-refractivity contribution < 1.29 is 51.6 Å². The summed E-state index contributed by atoms with van der Waals surface area (Å²) < 4.78 is 0. The van der Waals surface area contributed by atoms with Gasteiger partial charge in [0.05, 0.1) is 32.8 Å². The van der Waals surface area contributed by atoms with Crippen LogP contribution < -0.4 is 11.1 Å². The Morgan fingerprint density at radius 3 is 1.43 bits per heavy atom. The molecule has 12 heteroatoms. The fourth-order valence-electron chi connectivity index (χ4n) is 1.66. The number of nitrogens with one attached hydrogen (secondary N) is 1. The Hall–Kier alpha value is -1.72. The molecule has 11 nitrogen and oxygen atoms in total. The summed E-state index contributed by atoms with van der Waals surface area (Å²) in [5, 5.41) is 28.5. The molecular weight excluding hydrogens is 356 g/mol. The van der Waals surface area contributed by atoms with Crippen LogP contribution in [0.15, 0.2) is 0 Å². The van der Waals surface area contributed by atoms with Crippen molar-refractivity contribution in [1.29, 1.82) is 0 Å². The van der Waals surface area contributed by atoms with Gasteiger partial charge in [-0.15, -0.1) is 0 Å². The molecule has 0 aromatic carbocycles. The normalized spacial score (nSPS) is 10.2. The zero-order valence-corrected chi connectivity index (χ0v) is 13.4. The fraction of sp³-hybridized carbons (Fsp3) is 0.636. The number of carbonyl (C=O) groups excluding carboxylic acids is 1. The average Bonchev–Trinajstić information content (AvgIpc) is 2.33. The van der Waals surface area contributed by atoms with E-state index in [4.69, 9.17) is 21.1 Å². The Morgan fingerprint density at radius 2 is 1.13 bits per heavy atom. The summed E-state index contributed by atoms with van der Waals surface area (Å²) >= 11 is 0. The molecule has 1 amide bonds. The Balaban J connectivity index is 0. The van der Waals surface area contributed by atoms with E-state index in [1.54, 1.807) is 0 Å². The first kappa shape index (κ1) is 23.5. The van der Waals surface area contributed by atoms with Gasteiger partial charge in [-0.25, -0.2) is 0 Å². The van der Waals surface area contributed by atoms with Crippen molar-refractivity contribution in [3.63, 3.8) is 0 Å². The number of aliphatic carboxylic acids is 3. The van der Waals surface area contributed by atoms with Gasteiger partial charge in [-0.1, -0.05) is 0 Å². The number of carboxylic acids is 3. The van der Waals surface area contributed by atoms with Crippen molar-refractivity contribution in [3.8, 4) is 0 Å². The topological polar surface area (TPSA) is 173 Å². The molecule has 0 aliphatic heterocycles. The van der Waals surface area contributed by atoms with Crippen molar-refractivity contribution in [2.45, 2.75) is 0 Å². The summed E-state index contributed by atoms with van der Waals surface area (Å²) in [6.45, 7) is -1.76. The van der Waals surface area contributed by atoms with Crippen LogP contribution in [0.1, 0.15) is 0 Å². The Kier molecular flexibility index (Phi) is 13.1. The molecule has 0 aromatic heterocycles. The third-order valence-electron chi connectivity index (χ3n) is 2.48. The monoisotopic (exact) mass is 376 g/mol. The van der Waals surface area contributed by atoms with E-state index in [1.165, 1.54) is 4.90 Å². The number of rotatable bonds is 12. The first-order valence-electron chi connectivity index (χ1n) is 6.31. The number of hydrogen-bond acceptors (Lipinski definition) is 7. The van der Waals surface area contributed by atoms with Crippen LogP contribution in [-0.4, -0.2) is 94.9 Å². The molecule has 0 heterocycles. The van der Waals surface area contributed by atoms with Crippen LogP contribution in [0.5, 0.6) is 0 Å². The zero-order valence-electron chi connectivity index (χ0n) is 12.2. The molecule has 0 spiro atoms. The van der Waals surface area contributed by atoms with Gasteiger partial charge in [0.2, 0.25) is 5.91 Å². The minimum atomic E-state index is -1.20. The summed E-state index contributed by atoms with van der Waals surface area (Å²) in [4.78, 5) is 45.8. The molecule has 0 fully saturated rings. The molecule has 23 heavy (non-hydrogen) atoms. The minimum absolute atomic E-state index is 0. The zero-order chi connectivity index (χ0) is 17.1. The smallest absolute Gasteiger partial charge is 0.480 e. The minimum Gasteiger partial charge on any atom is -0.480 e. The second-order valence-corrected chi connectivity index (χ2v) is 4.41. The number of nitrogens with zero attached hydrogens (tertiary/aromatic N) is 2. The maximum Gasteiger partial charge on any atom is 2.00 e. The standard InChI is InChI=1S/C11H20N4O7.Fe/c12-7-13-8(16)3-14(4-9(17)18)1-2-15(5-10(19)20)6-11(21)22;/h1-7,12H2,(H,13,16)(H,17,18)(H,19,20)(H,21,22);/q;+2. The predicted molar refractivity (Wildman–Crippen MR) is 73.0 cm³/mol. The quantitative estimate of drug-likeness (QED) is 0.173. The molecule has 0 atom stereocenters. The van der Waals surface area contributed by atoms with Crippen LogP contribution in [-0.2, 0) is 36.2 Å². The van der Waals surface area contributed by atoms with Crippen molar-refractivity contribution in [1.82, 2.24) is 15.1 Å². The third kappa shape index (κ3) is 13.7. The van der Waals surface area contributed by atoms with E-state index in [0.717, 1.165) is 4.90 Å². The van der Waals surface area contributed by atoms with Crippen LogP contribution in [0.4, 0.5) is 0 Å². The van der Waals surface area contributed by atoms with Gasteiger partial charge in [0.15, 0.2) is 0 Å². The maximum atomic E-state index is 11.4. The Bertz CT molecular complexity index is 405. The molecule has 0 aliphatic carbocycles. The average molecular weight is 376 g/mol. The summed E-state index contributed by atoms with van der Waals surface area (Å²) in [6.07, 6.45) is 0. The van der Waals surface area contributed by atoms with Crippen molar-refractivity contribution in [3.05, 3.63) is 0 Å². The van der Waals surface area contributed by atoms with Crippen LogP contribution in [0.3, 0.4) is 0 Å². The van der Waals surface area contributed by atoms with Crippen LogP contribution in [0.25, 0.3) is 0 Å². The molecule has 132 valence electrons. The van der Waals surface area contributed by atoms with Crippen molar-refractivity contribution in [2.24, 2.45) is 5.73 Å². The van der Waals surface area contributed by atoms with E-state index in [9.17, 15) is 19.2 Å². The second-order valence-electron chi connectivity index (χ2n) is 4.41. The van der Waals surface area contributed by atoms with Crippen LogP contribution >= 0.6 is 0 Å².